The van der Waals surface area contributed by atoms with E-state index in [1.807, 2.05) is 6.92 Å². The molecule has 8 nitrogen and oxygen atoms in total. The largest absolute Gasteiger partial charge is 0.466 e. The summed E-state index contributed by atoms with van der Waals surface area (Å²) in [6, 6.07) is 0.246. The maximum absolute atomic E-state index is 11.9. The number of guanidine groups is 1. The molecule has 0 aromatic carbocycles. The highest BCUT2D eigenvalue weighted by atomic mass is 16.5. The number of ether oxygens (including phenoxy) is 2. The highest BCUT2D eigenvalue weighted by Crippen LogP contribution is 2.25. The molecule has 1 heterocycles. The molecule has 0 bridgehead atoms. The maximum Gasteiger partial charge on any atom is 0.308 e. The van der Waals surface area contributed by atoms with Gasteiger partial charge in [-0.05, 0) is 39.0 Å². The molecule has 27 heavy (non-hydrogen) atoms. The van der Waals surface area contributed by atoms with Gasteiger partial charge in [0, 0.05) is 39.2 Å². The van der Waals surface area contributed by atoms with Crippen molar-refractivity contribution in [2.24, 2.45) is 16.8 Å². The Kier molecular flexibility index (Phi) is 8.84. The van der Waals surface area contributed by atoms with Crippen LogP contribution in [-0.4, -0.2) is 75.8 Å². The molecule has 1 saturated carbocycles. The van der Waals surface area contributed by atoms with Gasteiger partial charge in [0.1, 0.15) is 6.54 Å². The molecule has 2 aliphatic rings. The van der Waals surface area contributed by atoms with Crippen molar-refractivity contribution < 1.29 is 19.1 Å². The van der Waals surface area contributed by atoms with Crippen LogP contribution >= 0.6 is 0 Å². The normalized spacial score (nSPS) is 25.7. The highest BCUT2D eigenvalue weighted by molar-refractivity contribution is 5.85. The number of hydrogen-bond donors (Lipinski definition) is 2. The molecular formula is C19H34N4O4. The van der Waals surface area contributed by atoms with E-state index in [0.29, 0.717) is 18.5 Å². The minimum atomic E-state index is -0.0826. The van der Waals surface area contributed by atoms with Gasteiger partial charge in [-0.15, -0.1) is 0 Å². The van der Waals surface area contributed by atoms with Crippen molar-refractivity contribution in [1.29, 1.82) is 0 Å². The van der Waals surface area contributed by atoms with Gasteiger partial charge >= 0.3 is 5.97 Å². The number of aliphatic imine (C=N–C) groups is 1. The van der Waals surface area contributed by atoms with E-state index in [1.165, 1.54) is 4.90 Å². The van der Waals surface area contributed by atoms with Gasteiger partial charge < -0.3 is 25.0 Å². The Morgan fingerprint density at radius 1 is 1.19 bits per heavy atom. The van der Waals surface area contributed by atoms with E-state index in [4.69, 9.17) is 9.47 Å². The Morgan fingerprint density at radius 2 is 1.93 bits per heavy atom. The SMILES string of the molecule is CCOC(=O)C1CCC(NC(=NCC(=O)N(C)C)NCC2CCOC2)CC1. The number of carbonyl (C=O) groups excluding carboxylic acids is 2. The molecule has 0 spiro atoms. The van der Waals surface area contributed by atoms with Crippen LogP contribution in [0.4, 0.5) is 0 Å². The maximum atomic E-state index is 11.9. The van der Waals surface area contributed by atoms with Crippen LogP contribution in [0.3, 0.4) is 0 Å². The summed E-state index contributed by atoms with van der Waals surface area (Å²) in [6.45, 7) is 4.74. The number of nitrogens with one attached hydrogen (secondary N) is 2. The Morgan fingerprint density at radius 3 is 2.52 bits per heavy atom. The molecule has 1 atom stereocenters. The molecule has 8 heteroatoms. The van der Waals surface area contributed by atoms with E-state index in [2.05, 4.69) is 15.6 Å². The summed E-state index contributed by atoms with van der Waals surface area (Å²) in [6.07, 6.45) is 4.45. The summed E-state index contributed by atoms with van der Waals surface area (Å²) in [4.78, 5) is 29.7. The molecule has 1 aliphatic carbocycles. The minimum absolute atomic E-state index is 0.00213. The van der Waals surface area contributed by atoms with Crippen LogP contribution in [0.5, 0.6) is 0 Å². The van der Waals surface area contributed by atoms with Crippen LogP contribution in [0.25, 0.3) is 0 Å². The van der Waals surface area contributed by atoms with Crippen LogP contribution in [0.2, 0.25) is 0 Å². The number of amides is 1. The molecule has 0 aromatic heterocycles. The summed E-state index contributed by atoms with van der Waals surface area (Å²) < 4.78 is 10.5. The zero-order chi connectivity index (χ0) is 19.6. The van der Waals surface area contributed by atoms with Crippen molar-refractivity contribution in [2.45, 2.75) is 45.1 Å². The lowest BCUT2D eigenvalue weighted by Gasteiger charge is -2.29. The zero-order valence-corrected chi connectivity index (χ0v) is 16.8. The van der Waals surface area contributed by atoms with E-state index in [0.717, 1.165) is 51.9 Å². The molecule has 2 rings (SSSR count). The number of rotatable bonds is 7. The average molecular weight is 383 g/mol. The van der Waals surface area contributed by atoms with Crippen LogP contribution < -0.4 is 10.6 Å². The van der Waals surface area contributed by atoms with Crippen LogP contribution in [0.15, 0.2) is 4.99 Å². The van der Waals surface area contributed by atoms with Gasteiger partial charge in [-0.25, -0.2) is 4.99 Å². The molecule has 1 saturated heterocycles. The molecule has 154 valence electrons. The fourth-order valence-electron chi connectivity index (χ4n) is 3.35. The topological polar surface area (TPSA) is 92.3 Å². The zero-order valence-electron chi connectivity index (χ0n) is 16.8. The number of nitrogens with zero attached hydrogens (tertiary/aromatic N) is 2. The van der Waals surface area contributed by atoms with Gasteiger partial charge in [0.2, 0.25) is 5.91 Å². The molecule has 1 amide bonds. The molecule has 0 radical (unpaired) electrons. The van der Waals surface area contributed by atoms with Gasteiger partial charge in [0.25, 0.3) is 0 Å². The number of carbonyl (C=O) groups is 2. The van der Waals surface area contributed by atoms with Crippen molar-refractivity contribution in [1.82, 2.24) is 15.5 Å². The molecule has 1 unspecified atom stereocenters. The smallest absolute Gasteiger partial charge is 0.308 e. The first-order chi connectivity index (χ1) is 13.0. The third-order valence-corrected chi connectivity index (χ3v) is 5.14. The minimum Gasteiger partial charge on any atom is -0.466 e. The Balaban J connectivity index is 1.85. The van der Waals surface area contributed by atoms with Crippen LogP contribution in [-0.2, 0) is 19.1 Å². The lowest BCUT2D eigenvalue weighted by molar-refractivity contribution is -0.149. The van der Waals surface area contributed by atoms with Crippen molar-refractivity contribution in [2.75, 3.05) is 47.0 Å². The summed E-state index contributed by atoms with van der Waals surface area (Å²) in [7, 11) is 3.45. The predicted molar refractivity (Wildman–Crippen MR) is 103 cm³/mol. The first kappa shape index (κ1) is 21.5. The number of esters is 1. The van der Waals surface area contributed by atoms with E-state index in [9.17, 15) is 9.59 Å². The fraction of sp³-hybridized carbons (Fsp3) is 0.842. The standard InChI is InChI=1S/C19H34N4O4/c1-4-27-18(25)15-5-7-16(8-6-15)22-19(21-12-17(24)23(2)3)20-11-14-9-10-26-13-14/h14-16H,4-13H2,1-3H3,(H2,20,21,22). The quantitative estimate of drug-likeness (QED) is 0.384. The molecule has 0 aromatic rings. The second kappa shape index (κ2) is 11.1. The van der Waals surface area contributed by atoms with E-state index in [1.54, 1.807) is 14.1 Å². The van der Waals surface area contributed by atoms with E-state index >= 15 is 0 Å². The van der Waals surface area contributed by atoms with Gasteiger partial charge in [0.15, 0.2) is 5.96 Å². The summed E-state index contributed by atoms with van der Waals surface area (Å²) in [5, 5.41) is 6.79. The van der Waals surface area contributed by atoms with Gasteiger partial charge in [0.05, 0.1) is 19.1 Å². The number of hydrogen-bond acceptors (Lipinski definition) is 5. The second-order valence-corrected chi connectivity index (χ2v) is 7.51. The van der Waals surface area contributed by atoms with Gasteiger partial charge in [-0.3, -0.25) is 9.59 Å². The van der Waals surface area contributed by atoms with E-state index < -0.39 is 0 Å². The first-order valence-electron chi connectivity index (χ1n) is 9.99. The lowest BCUT2D eigenvalue weighted by Crippen LogP contribution is -2.47. The lowest BCUT2D eigenvalue weighted by atomic mass is 9.86. The van der Waals surface area contributed by atoms with Crippen molar-refractivity contribution in [3.05, 3.63) is 0 Å². The van der Waals surface area contributed by atoms with Gasteiger partial charge in [-0.1, -0.05) is 0 Å². The van der Waals surface area contributed by atoms with Crippen LogP contribution in [0, 0.1) is 11.8 Å². The van der Waals surface area contributed by atoms with Gasteiger partial charge in [-0.2, -0.15) is 0 Å². The first-order valence-corrected chi connectivity index (χ1v) is 9.99. The highest BCUT2D eigenvalue weighted by Gasteiger charge is 2.28. The summed E-state index contributed by atoms with van der Waals surface area (Å²) >= 11 is 0. The van der Waals surface area contributed by atoms with Crippen molar-refractivity contribution in [3.8, 4) is 0 Å². The summed E-state index contributed by atoms with van der Waals surface area (Å²) in [5.41, 5.74) is 0. The number of likely N-dealkylation sites (N-methyl/N-ethyl adjacent to an activating group) is 1. The Bertz CT molecular complexity index is 510. The summed E-state index contributed by atoms with van der Waals surface area (Å²) in [5.74, 6) is 1.02. The molecular weight excluding hydrogens is 348 g/mol. The predicted octanol–water partition coefficient (Wildman–Crippen LogP) is 0.768. The third kappa shape index (κ3) is 7.36. The fourth-order valence-corrected chi connectivity index (χ4v) is 3.35. The van der Waals surface area contributed by atoms with Crippen molar-refractivity contribution in [3.63, 3.8) is 0 Å². The molecule has 2 N–H and O–H groups in total. The second-order valence-electron chi connectivity index (χ2n) is 7.51. The van der Waals surface area contributed by atoms with Crippen molar-refractivity contribution >= 4 is 17.8 Å². The molecule has 1 aliphatic heterocycles. The van der Waals surface area contributed by atoms with E-state index in [-0.39, 0.29) is 30.4 Å². The third-order valence-electron chi connectivity index (χ3n) is 5.14. The average Bonchev–Trinajstić information content (AvgIpc) is 3.18. The van der Waals surface area contributed by atoms with Crippen LogP contribution in [0.1, 0.15) is 39.0 Å². The Hall–Kier alpha value is -1.83. The Labute approximate surface area is 162 Å². The molecule has 2 fully saturated rings. The monoisotopic (exact) mass is 382 g/mol.